The summed E-state index contributed by atoms with van der Waals surface area (Å²) in [7, 11) is 0. The van der Waals surface area contributed by atoms with Crippen molar-refractivity contribution in [2.24, 2.45) is 11.7 Å². The van der Waals surface area contributed by atoms with Gasteiger partial charge in [-0.2, -0.15) is 0 Å². The molecule has 1 atom stereocenters. The molecule has 0 spiro atoms. The molecule has 0 aliphatic carbocycles. The van der Waals surface area contributed by atoms with Crippen molar-refractivity contribution in [3.63, 3.8) is 0 Å². The van der Waals surface area contributed by atoms with Crippen molar-refractivity contribution in [2.75, 3.05) is 19.7 Å². The van der Waals surface area contributed by atoms with Crippen molar-refractivity contribution >= 4 is 29.1 Å². The predicted molar refractivity (Wildman–Crippen MR) is 98.5 cm³/mol. The lowest BCUT2D eigenvalue weighted by Gasteiger charge is -2.31. The maximum Gasteiger partial charge on any atom is 0.312 e. The van der Waals surface area contributed by atoms with Crippen LogP contribution >= 0.6 is 11.3 Å². The van der Waals surface area contributed by atoms with E-state index in [1.165, 1.54) is 16.2 Å². The Morgan fingerprint density at radius 1 is 1.37 bits per heavy atom. The van der Waals surface area contributed by atoms with Crippen LogP contribution in [-0.4, -0.2) is 52.3 Å². The van der Waals surface area contributed by atoms with Gasteiger partial charge in [0, 0.05) is 36.4 Å². The van der Waals surface area contributed by atoms with E-state index in [0.29, 0.717) is 25.1 Å². The Morgan fingerprint density at radius 2 is 2.22 bits per heavy atom. The number of nitrogens with zero attached hydrogens (tertiary/aromatic N) is 3. The van der Waals surface area contributed by atoms with Crippen LogP contribution in [0.1, 0.15) is 18.5 Å². The highest BCUT2D eigenvalue weighted by atomic mass is 32.1. The molecule has 0 radical (unpaired) electrons. The number of rotatable bonds is 6. The van der Waals surface area contributed by atoms with Crippen LogP contribution in [0.2, 0.25) is 0 Å². The number of hydrogen-bond acceptors (Lipinski definition) is 7. The van der Waals surface area contributed by atoms with Gasteiger partial charge < -0.3 is 15.4 Å². The van der Waals surface area contributed by atoms with E-state index in [1.54, 1.807) is 17.8 Å². The van der Waals surface area contributed by atoms with Crippen molar-refractivity contribution in [1.29, 1.82) is 0 Å². The number of thiazole rings is 1. The van der Waals surface area contributed by atoms with E-state index < -0.39 is 11.9 Å². The third-order valence-electron chi connectivity index (χ3n) is 4.32. The average Bonchev–Trinajstić information content (AvgIpc) is 3.15. The van der Waals surface area contributed by atoms with E-state index in [4.69, 9.17) is 10.5 Å². The van der Waals surface area contributed by atoms with Crippen molar-refractivity contribution in [2.45, 2.75) is 19.3 Å². The molecular formula is C18H20N4O4S. The molecule has 2 aromatic rings. The first-order valence-corrected chi connectivity index (χ1v) is 9.48. The number of pyridine rings is 1. The molecule has 0 bridgehead atoms. The van der Waals surface area contributed by atoms with Crippen LogP contribution in [0.15, 0.2) is 29.9 Å². The topological polar surface area (TPSA) is 115 Å². The van der Waals surface area contributed by atoms with E-state index in [1.807, 2.05) is 12.1 Å². The zero-order chi connectivity index (χ0) is 19.2. The number of primary amides is 1. The molecule has 1 saturated heterocycles. The number of carbonyl (C=O) groups excluding carboxylic acids is 3. The standard InChI is InChI=1S/C18H20N4O4S/c19-17(25)13-4-2-6-22(9-13)15(23)10-26-16(24)7-14-11-27-18(21-14)12-3-1-5-20-8-12/h1,3,5,8,11,13H,2,4,6-7,9-10H2,(H2,19,25)/t13-/m0/s1. The van der Waals surface area contributed by atoms with Crippen LogP contribution in [0.3, 0.4) is 0 Å². The maximum absolute atomic E-state index is 12.2. The highest BCUT2D eigenvalue weighted by molar-refractivity contribution is 7.13. The van der Waals surface area contributed by atoms with Crippen LogP contribution in [-0.2, 0) is 25.5 Å². The van der Waals surface area contributed by atoms with E-state index >= 15 is 0 Å². The average molecular weight is 388 g/mol. The number of amides is 2. The molecule has 27 heavy (non-hydrogen) atoms. The molecule has 2 N–H and O–H groups in total. The molecule has 1 aliphatic rings. The van der Waals surface area contributed by atoms with Crippen LogP contribution in [0.4, 0.5) is 0 Å². The van der Waals surface area contributed by atoms with Gasteiger partial charge in [0.2, 0.25) is 5.91 Å². The third-order valence-corrected chi connectivity index (χ3v) is 5.26. The molecule has 1 fully saturated rings. The van der Waals surface area contributed by atoms with Gasteiger partial charge in [-0.3, -0.25) is 19.4 Å². The highest BCUT2D eigenvalue weighted by Crippen LogP contribution is 2.23. The molecule has 3 heterocycles. The largest absolute Gasteiger partial charge is 0.455 e. The maximum atomic E-state index is 12.2. The Hall–Kier alpha value is -2.81. The summed E-state index contributed by atoms with van der Waals surface area (Å²) in [6.07, 6.45) is 4.77. The quantitative estimate of drug-likeness (QED) is 0.739. The molecule has 8 nitrogen and oxygen atoms in total. The highest BCUT2D eigenvalue weighted by Gasteiger charge is 2.27. The van der Waals surface area contributed by atoms with Gasteiger partial charge in [0.25, 0.3) is 5.91 Å². The normalized spacial score (nSPS) is 16.7. The lowest BCUT2D eigenvalue weighted by molar-refractivity contribution is -0.152. The minimum Gasteiger partial charge on any atom is -0.455 e. The van der Waals surface area contributed by atoms with Gasteiger partial charge in [-0.15, -0.1) is 11.3 Å². The van der Waals surface area contributed by atoms with Gasteiger partial charge in [-0.25, -0.2) is 4.98 Å². The second-order valence-electron chi connectivity index (χ2n) is 6.30. The molecule has 0 aromatic carbocycles. The van der Waals surface area contributed by atoms with Crippen molar-refractivity contribution in [3.8, 4) is 10.6 Å². The van der Waals surface area contributed by atoms with Gasteiger partial charge in [-0.05, 0) is 25.0 Å². The number of ether oxygens (including phenoxy) is 1. The van der Waals surface area contributed by atoms with Crippen LogP contribution in [0.25, 0.3) is 10.6 Å². The lowest BCUT2D eigenvalue weighted by Crippen LogP contribution is -2.45. The molecule has 2 aromatic heterocycles. The number of piperidine rings is 1. The van der Waals surface area contributed by atoms with E-state index in [2.05, 4.69) is 9.97 Å². The van der Waals surface area contributed by atoms with Gasteiger partial charge in [-0.1, -0.05) is 0 Å². The first-order chi connectivity index (χ1) is 13.0. The fraction of sp³-hybridized carbons (Fsp3) is 0.389. The minimum atomic E-state index is -0.519. The molecular weight excluding hydrogens is 368 g/mol. The fourth-order valence-corrected chi connectivity index (χ4v) is 3.69. The van der Waals surface area contributed by atoms with Gasteiger partial charge in [0.15, 0.2) is 6.61 Å². The van der Waals surface area contributed by atoms with Crippen molar-refractivity contribution in [3.05, 3.63) is 35.6 Å². The molecule has 142 valence electrons. The summed E-state index contributed by atoms with van der Waals surface area (Å²) in [5, 5.41) is 2.56. The summed E-state index contributed by atoms with van der Waals surface area (Å²) in [5.74, 6) is -1.57. The van der Waals surface area contributed by atoms with Crippen LogP contribution in [0.5, 0.6) is 0 Å². The molecule has 0 saturated carbocycles. The zero-order valence-corrected chi connectivity index (χ0v) is 15.5. The van der Waals surface area contributed by atoms with Crippen LogP contribution in [0, 0.1) is 5.92 Å². The summed E-state index contributed by atoms with van der Waals surface area (Å²) < 4.78 is 5.08. The van der Waals surface area contributed by atoms with E-state index in [9.17, 15) is 14.4 Å². The SMILES string of the molecule is NC(=O)[C@H]1CCCN(C(=O)COC(=O)Cc2csc(-c3cccnc3)n2)C1. The summed E-state index contributed by atoms with van der Waals surface area (Å²) in [6.45, 7) is 0.483. The third kappa shape index (κ3) is 5.10. The fourth-order valence-electron chi connectivity index (χ4n) is 2.88. The molecule has 9 heteroatoms. The van der Waals surface area contributed by atoms with Gasteiger partial charge >= 0.3 is 5.97 Å². The van der Waals surface area contributed by atoms with Crippen molar-refractivity contribution < 1.29 is 19.1 Å². The molecule has 3 rings (SSSR count). The Balaban J connectivity index is 1.48. The van der Waals surface area contributed by atoms with Crippen LogP contribution < -0.4 is 5.73 Å². The number of esters is 1. The number of hydrogen-bond donors (Lipinski definition) is 1. The van der Waals surface area contributed by atoms with Crippen molar-refractivity contribution in [1.82, 2.24) is 14.9 Å². The second kappa shape index (κ2) is 8.72. The molecule has 2 amide bonds. The Bertz CT molecular complexity index is 824. The predicted octanol–water partition coefficient (Wildman–Crippen LogP) is 1.01. The summed E-state index contributed by atoms with van der Waals surface area (Å²) in [4.78, 5) is 45.4. The summed E-state index contributed by atoms with van der Waals surface area (Å²) in [5.41, 5.74) is 6.78. The Labute approximate surface area is 160 Å². The smallest absolute Gasteiger partial charge is 0.312 e. The minimum absolute atomic E-state index is 0.00600. The Morgan fingerprint density at radius 3 is 2.96 bits per heavy atom. The second-order valence-corrected chi connectivity index (χ2v) is 7.16. The Kier molecular flexibility index (Phi) is 6.12. The van der Waals surface area contributed by atoms with Gasteiger partial charge in [0.1, 0.15) is 5.01 Å². The first-order valence-electron chi connectivity index (χ1n) is 8.60. The molecule has 1 aliphatic heterocycles. The number of likely N-dealkylation sites (tertiary alicyclic amines) is 1. The number of aromatic nitrogens is 2. The zero-order valence-electron chi connectivity index (χ0n) is 14.7. The summed E-state index contributed by atoms with van der Waals surface area (Å²) >= 11 is 1.42. The molecule has 0 unspecified atom stereocenters. The number of carbonyl (C=O) groups is 3. The van der Waals surface area contributed by atoms with E-state index in [-0.39, 0.29) is 31.4 Å². The van der Waals surface area contributed by atoms with E-state index in [0.717, 1.165) is 10.6 Å². The first kappa shape index (κ1) is 19.0. The lowest BCUT2D eigenvalue weighted by atomic mass is 9.97. The number of nitrogens with two attached hydrogens (primary N) is 1. The monoisotopic (exact) mass is 388 g/mol. The van der Waals surface area contributed by atoms with Gasteiger partial charge in [0.05, 0.1) is 18.0 Å². The summed E-state index contributed by atoms with van der Waals surface area (Å²) in [6, 6.07) is 3.71.